The molecule has 0 bridgehead atoms. The van der Waals surface area contributed by atoms with E-state index in [9.17, 15) is 0 Å². The molecule has 4 nitrogen and oxygen atoms in total. The van der Waals surface area contributed by atoms with Crippen LogP contribution in [0.5, 0.6) is 5.75 Å². The minimum absolute atomic E-state index is 0.0868. The Morgan fingerprint density at radius 3 is 2.67 bits per heavy atom. The first kappa shape index (κ1) is 14.5. The van der Waals surface area contributed by atoms with E-state index in [1.165, 1.54) is 5.56 Å². The van der Waals surface area contributed by atoms with Gasteiger partial charge in [-0.05, 0) is 31.5 Å². The smallest absolute Gasteiger partial charge is 0.174 e. The number of nitrogens with one attached hydrogen (secondary N) is 1. The van der Waals surface area contributed by atoms with E-state index in [4.69, 9.17) is 14.7 Å². The molecule has 1 N–H and O–H groups in total. The van der Waals surface area contributed by atoms with Crippen molar-refractivity contribution in [1.29, 1.82) is 5.26 Å². The minimum Gasteiger partial charge on any atom is -0.479 e. The number of benzene rings is 1. The number of nitriles is 1. The summed E-state index contributed by atoms with van der Waals surface area (Å²) in [6.45, 7) is 6.51. The molecule has 1 unspecified atom stereocenters. The van der Waals surface area contributed by atoms with Crippen LogP contribution in [0, 0.1) is 11.3 Å². The van der Waals surface area contributed by atoms with Gasteiger partial charge in [-0.2, -0.15) is 5.26 Å². The Morgan fingerprint density at radius 1 is 1.33 bits per heavy atom. The van der Waals surface area contributed by atoms with Crippen LogP contribution >= 0.6 is 0 Å². The van der Waals surface area contributed by atoms with E-state index in [1.54, 1.807) is 0 Å². The zero-order valence-electron chi connectivity index (χ0n) is 11.0. The Hall–Kier alpha value is -1.57. The van der Waals surface area contributed by atoms with Crippen LogP contribution in [0.25, 0.3) is 0 Å². The maximum atomic E-state index is 8.40. The molecule has 1 atom stereocenters. The lowest BCUT2D eigenvalue weighted by Crippen LogP contribution is -2.26. The van der Waals surface area contributed by atoms with Crippen LogP contribution in [0.2, 0.25) is 0 Å². The van der Waals surface area contributed by atoms with Crippen molar-refractivity contribution < 1.29 is 9.47 Å². The molecule has 1 aromatic carbocycles. The molecule has 1 aromatic rings. The third-order valence-corrected chi connectivity index (χ3v) is 2.44. The zero-order valence-corrected chi connectivity index (χ0v) is 11.0. The van der Waals surface area contributed by atoms with E-state index in [1.807, 2.05) is 37.3 Å². The van der Waals surface area contributed by atoms with Gasteiger partial charge in [0.2, 0.25) is 0 Å². The van der Waals surface area contributed by atoms with Crippen molar-refractivity contribution >= 4 is 0 Å². The first-order valence-corrected chi connectivity index (χ1v) is 6.17. The summed E-state index contributed by atoms with van der Waals surface area (Å²) in [5, 5.41) is 11.7. The van der Waals surface area contributed by atoms with Gasteiger partial charge in [0.15, 0.2) is 6.61 Å². The number of ether oxygens (including phenoxy) is 2. The van der Waals surface area contributed by atoms with E-state index < -0.39 is 0 Å². The number of nitrogens with zero attached hydrogens (tertiary/aromatic N) is 1. The van der Waals surface area contributed by atoms with Crippen LogP contribution in [0.15, 0.2) is 24.3 Å². The molecule has 18 heavy (non-hydrogen) atoms. The molecule has 4 heteroatoms. The van der Waals surface area contributed by atoms with Crippen LogP contribution in [0.4, 0.5) is 0 Å². The highest BCUT2D eigenvalue weighted by atomic mass is 16.5. The van der Waals surface area contributed by atoms with E-state index >= 15 is 0 Å². The van der Waals surface area contributed by atoms with Gasteiger partial charge < -0.3 is 14.8 Å². The first-order chi connectivity index (χ1) is 8.76. The number of rotatable bonds is 8. The van der Waals surface area contributed by atoms with Gasteiger partial charge in [-0.1, -0.05) is 12.1 Å². The second-order valence-corrected chi connectivity index (χ2v) is 3.99. The monoisotopic (exact) mass is 248 g/mol. The zero-order chi connectivity index (χ0) is 13.2. The van der Waals surface area contributed by atoms with Crippen LogP contribution in [0.3, 0.4) is 0 Å². The second kappa shape index (κ2) is 8.51. The molecule has 1 rings (SSSR count). The summed E-state index contributed by atoms with van der Waals surface area (Å²) in [6, 6.07) is 9.67. The summed E-state index contributed by atoms with van der Waals surface area (Å²) in [7, 11) is 0. The predicted octanol–water partition coefficient (Wildman–Crippen LogP) is 2.10. The SMILES string of the molecule is CCOC(C)CNCc1ccc(OCC#N)cc1. The minimum atomic E-state index is 0.0868. The summed E-state index contributed by atoms with van der Waals surface area (Å²) in [4.78, 5) is 0. The summed E-state index contributed by atoms with van der Waals surface area (Å²) < 4.78 is 10.6. The average molecular weight is 248 g/mol. The van der Waals surface area contributed by atoms with Crippen LogP contribution in [-0.2, 0) is 11.3 Å². The van der Waals surface area contributed by atoms with E-state index in [2.05, 4.69) is 12.2 Å². The van der Waals surface area contributed by atoms with Gasteiger partial charge in [0.1, 0.15) is 11.8 Å². The summed E-state index contributed by atoms with van der Waals surface area (Å²) in [6.07, 6.45) is 0.230. The van der Waals surface area contributed by atoms with Gasteiger partial charge in [-0.25, -0.2) is 0 Å². The van der Waals surface area contributed by atoms with Crippen molar-refractivity contribution in [2.45, 2.75) is 26.5 Å². The highest BCUT2D eigenvalue weighted by Crippen LogP contribution is 2.11. The third kappa shape index (κ3) is 5.67. The molecular weight excluding hydrogens is 228 g/mol. The maximum Gasteiger partial charge on any atom is 0.174 e. The van der Waals surface area contributed by atoms with Crippen LogP contribution < -0.4 is 10.1 Å². The van der Waals surface area contributed by atoms with E-state index in [0.717, 1.165) is 25.4 Å². The van der Waals surface area contributed by atoms with E-state index in [0.29, 0.717) is 0 Å². The van der Waals surface area contributed by atoms with Gasteiger partial charge in [0.05, 0.1) is 6.10 Å². The summed E-state index contributed by atoms with van der Waals surface area (Å²) in [5.41, 5.74) is 1.18. The van der Waals surface area contributed by atoms with Crippen LogP contribution in [0.1, 0.15) is 19.4 Å². The van der Waals surface area contributed by atoms with Gasteiger partial charge in [-0.3, -0.25) is 0 Å². The first-order valence-electron chi connectivity index (χ1n) is 6.17. The van der Waals surface area contributed by atoms with Crippen molar-refractivity contribution in [3.05, 3.63) is 29.8 Å². The second-order valence-electron chi connectivity index (χ2n) is 3.99. The molecule has 0 aliphatic carbocycles. The molecule has 0 aliphatic rings. The van der Waals surface area contributed by atoms with Crippen molar-refractivity contribution in [1.82, 2.24) is 5.32 Å². The fourth-order valence-corrected chi connectivity index (χ4v) is 1.58. The standard InChI is InChI=1S/C14H20N2O2/c1-3-17-12(2)10-16-11-13-4-6-14(7-5-13)18-9-8-15/h4-7,12,16H,3,9-11H2,1-2H3. The normalized spacial score (nSPS) is 11.8. The predicted molar refractivity (Wildman–Crippen MR) is 70.3 cm³/mol. The Balaban J connectivity index is 2.29. The summed E-state index contributed by atoms with van der Waals surface area (Å²) >= 11 is 0. The molecule has 0 saturated heterocycles. The van der Waals surface area contributed by atoms with Gasteiger partial charge in [-0.15, -0.1) is 0 Å². The van der Waals surface area contributed by atoms with Gasteiger partial charge in [0.25, 0.3) is 0 Å². The van der Waals surface area contributed by atoms with Gasteiger partial charge >= 0.3 is 0 Å². The topological polar surface area (TPSA) is 54.3 Å². The molecule has 98 valence electrons. The van der Waals surface area contributed by atoms with Gasteiger partial charge in [0, 0.05) is 19.7 Å². The Labute approximate surface area is 109 Å². The lowest BCUT2D eigenvalue weighted by atomic mass is 10.2. The molecule has 0 aliphatic heterocycles. The molecular formula is C14H20N2O2. The fourth-order valence-electron chi connectivity index (χ4n) is 1.58. The molecule has 0 radical (unpaired) electrons. The molecule has 0 heterocycles. The molecule has 0 saturated carbocycles. The molecule has 0 spiro atoms. The van der Waals surface area contributed by atoms with Crippen LogP contribution in [-0.4, -0.2) is 25.9 Å². The number of hydrogen-bond acceptors (Lipinski definition) is 4. The van der Waals surface area contributed by atoms with Crippen molar-refractivity contribution in [3.8, 4) is 11.8 Å². The molecule has 0 fully saturated rings. The Kier molecular flexibility index (Phi) is 6.85. The summed E-state index contributed by atoms with van der Waals surface area (Å²) in [5.74, 6) is 0.725. The van der Waals surface area contributed by atoms with Crippen molar-refractivity contribution in [2.24, 2.45) is 0 Å². The lowest BCUT2D eigenvalue weighted by molar-refractivity contribution is 0.0759. The Bertz CT molecular complexity index is 370. The quantitative estimate of drug-likeness (QED) is 0.765. The van der Waals surface area contributed by atoms with Crippen molar-refractivity contribution in [3.63, 3.8) is 0 Å². The largest absolute Gasteiger partial charge is 0.479 e. The molecule has 0 amide bonds. The fraction of sp³-hybridized carbons (Fsp3) is 0.500. The Morgan fingerprint density at radius 2 is 2.06 bits per heavy atom. The lowest BCUT2D eigenvalue weighted by Gasteiger charge is -2.12. The highest BCUT2D eigenvalue weighted by molar-refractivity contribution is 5.27. The molecule has 0 aromatic heterocycles. The highest BCUT2D eigenvalue weighted by Gasteiger charge is 2.00. The average Bonchev–Trinajstić information content (AvgIpc) is 2.38. The third-order valence-electron chi connectivity index (χ3n) is 2.44. The van der Waals surface area contributed by atoms with E-state index in [-0.39, 0.29) is 12.7 Å². The maximum absolute atomic E-state index is 8.40. The number of hydrogen-bond donors (Lipinski definition) is 1. The van der Waals surface area contributed by atoms with Crippen molar-refractivity contribution in [2.75, 3.05) is 19.8 Å².